The Morgan fingerprint density at radius 1 is 1.12 bits per heavy atom. The molecule has 32 heavy (non-hydrogen) atoms. The van der Waals surface area contributed by atoms with E-state index >= 15 is 0 Å². The molecule has 0 saturated heterocycles. The summed E-state index contributed by atoms with van der Waals surface area (Å²) in [6.07, 6.45) is 0. The van der Waals surface area contributed by atoms with Gasteiger partial charge >= 0.3 is 0 Å². The van der Waals surface area contributed by atoms with Crippen molar-refractivity contribution < 1.29 is 18.7 Å². The second-order valence-corrected chi connectivity index (χ2v) is 9.52. The summed E-state index contributed by atoms with van der Waals surface area (Å²) >= 11 is 2.75. The Bertz CT molecular complexity index is 1340. The number of aryl methyl sites for hydroxylation is 3. The first kappa shape index (κ1) is 20.8. The van der Waals surface area contributed by atoms with Crippen LogP contribution in [-0.4, -0.2) is 38.1 Å². The van der Waals surface area contributed by atoms with Crippen LogP contribution in [0.4, 0.5) is 0 Å². The van der Waals surface area contributed by atoms with Crippen molar-refractivity contribution in [1.82, 2.24) is 19.7 Å². The number of nitrogens with zero attached hydrogens (tertiary/aromatic N) is 4. The zero-order chi connectivity index (χ0) is 22.4. The number of fused-ring (bicyclic) bond motifs is 1. The van der Waals surface area contributed by atoms with E-state index in [2.05, 4.69) is 15.2 Å². The van der Waals surface area contributed by atoms with Crippen LogP contribution >= 0.6 is 23.1 Å². The van der Waals surface area contributed by atoms with Gasteiger partial charge in [0.2, 0.25) is 6.79 Å². The molecule has 10 heteroatoms. The summed E-state index contributed by atoms with van der Waals surface area (Å²) in [4.78, 5) is 18.2. The third kappa shape index (κ3) is 3.69. The monoisotopic (exact) mass is 468 g/mol. The first-order valence-corrected chi connectivity index (χ1v) is 11.7. The minimum absolute atomic E-state index is 0.000316. The average molecular weight is 469 g/mol. The molecule has 4 aromatic rings. The van der Waals surface area contributed by atoms with E-state index in [1.54, 1.807) is 0 Å². The zero-order valence-electron chi connectivity index (χ0n) is 18.0. The summed E-state index contributed by atoms with van der Waals surface area (Å²) in [5.41, 5.74) is 4.29. The van der Waals surface area contributed by atoms with Gasteiger partial charge in [0.25, 0.3) is 11.1 Å². The molecule has 164 valence electrons. The van der Waals surface area contributed by atoms with Crippen molar-refractivity contribution in [1.29, 1.82) is 0 Å². The second kappa shape index (κ2) is 8.10. The molecular weight excluding hydrogens is 448 g/mol. The number of benzene rings is 1. The maximum absolute atomic E-state index is 13.0. The van der Waals surface area contributed by atoms with Crippen molar-refractivity contribution in [2.24, 2.45) is 0 Å². The number of ketones is 1. The van der Waals surface area contributed by atoms with E-state index < -0.39 is 0 Å². The third-order valence-corrected chi connectivity index (χ3v) is 7.06. The van der Waals surface area contributed by atoms with Crippen molar-refractivity contribution in [3.8, 4) is 28.0 Å². The van der Waals surface area contributed by atoms with Gasteiger partial charge in [-0.3, -0.25) is 4.79 Å². The van der Waals surface area contributed by atoms with Crippen LogP contribution in [0.2, 0.25) is 0 Å². The predicted molar refractivity (Wildman–Crippen MR) is 121 cm³/mol. The Hall–Kier alpha value is -3.11. The first-order chi connectivity index (χ1) is 15.4. The third-order valence-electron chi connectivity index (χ3n) is 5.18. The number of aromatic nitrogens is 4. The lowest BCUT2D eigenvalue weighted by molar-refractivity contribution is 0.102. The molecule has 0 amide bonds. The van der Waals surface area contributed by atoms with Crippen LogP contribution in [0.15, 0.2) is 33.9 Å². The molecule has 0 N–H and O–H groups in total. The molecule has 0 radical (unpaired) electrons. The van der Waals surface area contributed by atoms with E-state index in [0.717, 1.165) is 38.4 Å². The summed E-state index contributed by atoms with van der Waals surface area (Å²) in [5, 5.41) is 9.49. The summed E-state index contributed by atoms with van der Waals surface area (Å²) in [5.74, 6) is 2.07. The van der Waals surface area contributed by atoms with E-state index in [0.29, 0.717) is 22.4 Å². The molecule has 0 aliphatic carbocycles. The Labute approximate surface area is 192 Å². The smallest absolute Gasteiger partial charge is 0.277 e. The largest absolute Gasteiger partial charge is 0.454 e. The van der Waals surface area contributed by atoms with Crippen molar-refractivity contribution in [2.45, 2.75) is 32.9 Å². The maximum Gasteiger partial charge on any atom is 0.277 e. The van der Waals surface area contributed by atoms with Crippen LogP contribution in [0.5, 0.6) is 11.5 Å². The van der Waals surface area contributed by atoms with Crippen molar-refractivity contribution in [3.63, 3.8) is 0 Å². The fourth-order valence-corrected chi connectivity index (χ4v) is 5.25. The molecule has 0 bridgehead atoms. The highest BCUT2D eigenvalue weighted by Crippen LogP contribution is 2.35. The number of thiazole rings is 1. The van der Waals surface area contributed by atoms with Crippen LogP contribution in [0.3, 0.4) is 0 Å². The van der Waals surface area contributed by atoms with Crippen LogP contribution in [0.25, 0.3) is 16.5 Å². The number of carbonyl (C=O) groups is 1. The van der Waals surface area contributed by atoms with E-state index in [1.807, 2.05) is 56.5 Å². The molecular formula is C22H20N4O4S2. The average Bonchev–Trinajstić information content (AvgIpc) is 3.53. The standard InChI is InChI=1S/C22H20N4O4S2/c1-11-7-16(13(3)26(11)15-5-6-18-19(8-15)29-10-28-18)17(27)9-31-22-25-24-21(30-22)20-12(2)23-14(4)32-20/h5-8H,9-10H2,1-4H3. The van der Waals surface area contributed by atoms with Gasteiger partial charge in [0.15, 0.2) is 17.3 Å². The molecule has 1 aliphatic rings. The van der Waals surface area contributed by atoms with Gasteiger partial charge in [-0.25, -0.2) is 4.98 Å². The number of hydrogen-bond acceptors (Lipinski definition) is 9. The highest BCUT2D eigenvalue weighted by Gasteiger charge is 2.21. The quantitative estimate of drug-likeness (QED) is 0.291. The molecule has 0 saturated carbocycles. The van der Waals surface area contributed by atoms with E-state index in [1.165, 1.54) is 23.1 Å². The summed E-state index contributed by atoms with van der Waals surface area (Å²) in [7, 11) is 0. The molecule has 1 aliphatic heterocycles. The highest BCUT2D eigenvalue weighted by atomic mass is 32.2. The molecule has 4 heterocycles. The van der Waals surface area contributed by atoms with E-state index in [9.17, 15) is 4.79 Å². The number of rotatable bonds is 6. The summed E-state index contributed by atoms with van der Waals surface area (Å²) in [6, 6.07) is 7.67. The second-order valence-electron chi connectivity index (χ2n) is 7.39. The fraction of sp³-hybridized carbons (Fsp3) is 0.273. The lowest BCUT2D eigenvalue weighted by Crippen LogP contribution is -2.05. The zero-order valence-corrected chi connectivity index (χ0v) is 19.6. The summed E-state index contributed by atoms with van der Waals surface area (Å²) in [6.45, 7) is 7.99. The van der Waals surface area contributed by atoms with Gasteiger partial charge in [0.1, 0.15) is 4.88 Å². The van der Waals surface area contributed by atoms with E-state index in [-0.39, 0.29) is 18.3 Å². The van der Waals surface area contributed by atoms with Crippen LogP contribution in [-0.2, 0) is 0 Å². The Morgan fingerprint density at radius 3 is 2.72 bits per heavy atom. The van der Waals surface area contributed by atoms with Gasteiger partial charge in [-0.05, 0) is 45.9 Å². The number of thioether (sulfide) groups is 1. The van der Waals surface area contributed by atoms with Crippen molar-refractivity contribution in [2.75, 3.05) is 12.5 Å². The van der Waals surface area contributed by atoms with E-state index in [4.69, 9.17) is 13.9 Å². The van der Waals surface area contributed by atoms with Gasteiger partial charge < -0.3 is 18.5 Å². The van der Waals surface area contributed by atoms with Gasteiger partial charge in [0, 0.05) is 28.7 Å². The maximum atomic E-state index is 13.0. The topological polar surface area (TPSA) is 92.3 Å². The Kier molecular flexibility index (Phi) is 5.26. The minimum atomic E-state index is -0.000316. The first-order valence-electron chi connectivity index (χ1n) is 9.93. The highest BCUT2D eigenvalue weighted by molar-refractivity contribution is 7.99. The molecule has 0 spiro atoms. The lowest BCUT2D eigenvalue weighted by Gasteiger charge is -2.10. The Balaban J connectivity index is 1.33. The SMILES string of the molecule is Cc1nc(C)c(-c2nnc(SCC(=O)c3cc(C)n(-c4ccc5c(c4)OCO5)c3C)o2)s1. The minimum Gasteiger partial charge on any atom is -0.454 e. The van der Waals surface area contributed by atoms with Crippen molar-refractivity contribution >= 4 is 28.9 Å². The molecule has 5 rings (SSSR count). The lowest BCUT2D eigenvalue weighted by atomic mass is 10.2. The van der Waals surface area contributed by atoms with Gasteiger partial charge in [-0.2, -0.15) is 0 Å². The van der Waals surface area contributed by atoms with Crippen LogP contribution in [0, 0.1) is 27.7 Å². The number of hydrogen-bond donors (Lipinski definition) is 0. The molecule has 0 atom stereocenters. The molecule has 0 unspecified atom stereocenters. The Morgan fingerprint density at radius 2 is 1.94 bits per heavy atom. The van der Waals surface area contributed by atoms with Crippen LogP contribution in [0.1, 0.15) is 32.4 Å². The molecule has 0 fully saturated rings. The van der Waals surface area contributed by atoms with Gasteiger partial charge in [-0.1, -0.05) is 11.8 Å². The molecule has 1 aromatic carbocycles. The molecule has 8 nitrogen and oxygen atoms in total. The number of Topliss-reactive ketones (excluding diaryl/α,β-unsaturated/α-hetero) is 1. The number of carbonyl (C=O) groups excluding carboxylic acids is 1. The van der Waals surface area contributed by atoms with Crippen LogP contribution < -0.4 is 9.47 Å². The van der Waals surface area contributed by atoms with Gasteiger partial charge in [0.05, 0.1) is 16.5 Å². The van der Waals surface area contributed by atoms with Crippen molar-refractivity contribution in [3.05, 3.63) is 51.9 Å². The molecule has 3 aromatic heterocycles. The number of ether oxygens (including phenoxy) is 2. The normalized spacial score (nSPS) is 12.5. The fourth-order valence-electron chi connectivity index (χ4n) is 3.76. The predicted octanol–water partition coefficient (Wildman–Crippen LogP) is 4.92. The van der Waals surface area contributed by atoms with Gasteiger partial charge in [-0.15, -0.1) is 21.5 Å². The summed E-state index contributed by atoms with van der Waals surface area (Å²) < 4.78 is 18.7.